The minimum absolute atomic E-state index is 0.228. The molecule has 2 rings (SSSR count). The molecule has 0 spiro atoms. The Morgan fingerprint density at radius 3 is 2.93 bits per heavy atom. The van der Waals surface area contributed by atoms with Crippen LogP contribution in [0.3, 0.4) is 0 Å². The van der Waals surface area contributed by atoms with E-state index in [2.05, 4.69) is 11.8 Å². The largest absolute Gasteiger partial charge is 0.330 e. The van der Waals surface area contributed by atoms with Crippen LogP contribution in [0.5, 0.6) is 0 Å². The fraction of sp³-hybridized carbons (Fsp3) is 0.909. The highest BCUT2D eigenvalue weighted by atomic mass is 32.2. The minimum Gasteiger partial charge on any atom is -0.330 e. The molecule has 0 aromatic heterocycles. The molecule has 3 atom stereocenters. The second kappa shape index (κ2) is 4.74. The summed E-state index contributed by atoms with van der Waals surface area (Å²) in [4.78, 5) is 15.9. The number of carbonyl (C=O) groups is 1. The van der Waals surface area contributed by atoms with Crippen LogP contribution in [0.4, 0.5) is 0 Å². The fourth-order valence-corrected chi connectivity index (χ4v) is 3.70. The molecule has 3 nitrogen and oxygen atoms in total. The first kappa shape index (κ1) is 11.3. The van der Waals surface area contributed by atoms with Crippen LogP contribution in [0, 0.1) is 11.8 Å². The van der Waals surface area contributed by atoms with Gasteiger partial charge in [0, 0.05) is 32.3 Å². The van der Waals surface area contributed by atoms with Crippen LogP contribution in [0.15, 0.2) is 0 Å². The van der Waals surface area contributed by atoms with Gasteiger partial charge in [-0.3, -0.25) is 9.69 Å². The summed E-state index contributed by atoms with van der Waals surface area (Å²) in [5, 5.41) is 0. The van der Waals surface area contributed by atoms with Crippen LogP contribution in [0.1, 0.15) is 13.8 Å². The number of hydrogen-bond acceptors (Lipinski definition) is 3. The first-order valence-corrected chi connectivity index (χ1v) is 6.88. The Morgan fingerprint density at radius 1 is 1.40 bits per heavy atom. The normalized spacial score (nSPS) is 36.9. The Balaban J connectivity index is 2.14. The molecule has 86 valence electrons. The van der Waals surface area contributed by atoms with Crippen molar-refractivity contribution in [3.8, 4) is 0 Å². The predicted octanol–water partition coefficient (Wildman–Crippen LogP) is 1.11. The zero-order valence-corrected chi connectivity index (χ0v) is 10.4. The Hall–Kier alpha value is -0.220. The Labute approximate surface area is 96.2 Å². The van der Waals surface area contributed by atoms with Crippen LogP contribution in [-0.2, 0) is 4.79 Å². The van der Waals surface area contributed by atoms with Crippen molar-refractivity contribution in [2.45, 2.75) is 13.8 Å². The first-order chi connectivity index (χ1) is 7.16. The second-order valence-electron chi connectivity index (χ2n) is 4.77. The van der Waals surface area contributed by atoms with Gasteiger partial charge in [-0.05, 0) is 17.6 Å². The van der Waals surface area contributed by atoms with E-state index in [1.807, 2.05) is 16.7 Å². The molecule has 0 N–H and O–H groups in total. The third kappa shape index (κ3) is 2.67. The number of amides is 1. The lowest BCUT2D eigenvalue weighted by molar-refractivity contribution is -0.130. The average Bonchev–Trinajstić information content (AvgIpc) is 2.27. The van der Waals surface area contributed by atoms with E-state index in [0.717, 1.165) is 32.2 Å². The van der Waals surface area contributed by atoms with Gasteiger partial charge < -0.3 is 4.90 Å². The molecule has 0 saturated carbocycles. The summed E-state index contributed by atoms with van der Waals surface area (Å²) in [6, 6.07) is 0. The second-order valence-corrected chi connectivity index (χ2v) is 5.92. The van der Waals surface area contributed by atoms with E-state index in [0.29, 0.717) is 5.92 Å². The van der Waals surface area contributed by atoms with Gasteiger partial charge in [-0.1, -0.05) is 6.92 Å². The molecule has 15 heavy (non-hydrogen) atoms. The third-order valence-corrected chi connectivity index (χ3v) is 4.64. The summed E-state index contributed by atoms with van der Waals surface area (Å²) < 4.78 is 0. The predicted molar refractivity (Wildman–Crippen MR) is 63.8 cm³/mol. The molecule has 2 aliphatic rings. The van der Waals surface area contributed by atoms with Crippen LogP contribution >= 0.6 is 11.8 Å². The van der Waals surface area contributed by atoms with Crippen molar-refractivity contribution in [3.05, 3.63) is 0 Å². The summed E-state index contributed by atoms with van der Waals surface area (Å²) in [6.07, 6.45) is 0. The van der Waals surface area contributed by atoms with E-state index < -0.39 is 0 Å². The molecule has 2 bridgehead atoms. The SMILES string of the molecule is CC(=O)N1CC2CSCCN(CC2C)C1. The van der Waals surface area contributed by atoms with Gasteiger partial charge >= 0.3 is 0 Å². The zero-order chi connectivity index (χ0) is 10.8. The molecule has 2 saturated heterocycles. The Morgan fingerprint density at radius 2 is 2.20 bits per heavy atom. The quantitative estimate of drug-likeness (QED) is 0.620. The molecule has 0 aliphatic carbocycles. The van der Waals surface area contributed by atoms with Crippen molar-refractivity contribution < 1.29 is 4.79 Å². The van der Waals surface area contributed by atoms with E-state index in [1.165, 1.54) is 11.5 Å². The number of nitrogens with zero attached hydrogens (tertiary/aromatic N) is 2. The maximum atomic E-state index is 11.5. The smallest absolute Gasteiger partial charge is 0.220 e. The molecule has 4 heteroatoms. The molecule has 2 aliphatic heterocycles. The van der Waals surface area contributed by atoms with Gasteiger partial charge in [0.15, 0.2) is 0 Å². The molecule has 2 fully saturated rings. The maximum absolute atomic E-state index is 11.5. The Bertz CT molecular complexity index is 247. The third-order valence-electron chi connectivity index (χ3n) is 3.51. The summed E-state index contributed by atoms with van der Waals surface area (Å²) in [7, 11) is 0. The molecule has 1 amide bonds. The number of carbonyl (C=O) groups excluding carboxylic acids is 1. The van der Waals surface area contributed by atoms with Gasteiger partial charge in [0.25, 0.3) is 0 Å². The molecule has 0 aromatic carbocycles. The Kier molecular flexibility index (Phi) is 3.57. The summed E-state index contributed by atoms with van der Waals surface area (Å²) >= 11 is 2.04. The van der Waals surface area contributed by atoms with E-state index in [-0.39, 0.29) is 5.91 Å². The van der Waals surface area contributed by atoms with E-state index >= 15 is 0 Å². The summed E-state index contributed by atoms with van der Waals surface area (Å²) in [6.45, 7) is 8.11. The lowest BCUT2D eigenvalue weighted by Gasteiger charge is -2.27. The number of thioether (sulfide) groups is 1. The molecule has 3 unspecified atom stereocenters. The minimum atomic E-state index is 0.228. The van der Waals surface area contributed by atoms with Gasteiger partial charge in [0.1, 0.15) is 0 Å². The summed E-state index contributed by atoms with van der Waals surface area (Å²) in [5.74, 6) is 4.07. The van der Waals surface area contributed by atoms with Crippen molar-refractivity contribution >= 4 is 17.7 Å². The van der Waals surface area contributed by atoms with Crippen LogP contribution in [-0.4, -0.2) is 53.5 Å². The standard InChI is InChI=1S/C11H20N2OS/c1-9-5-12-3-4-15-7-11(9)6-13(8-12)10(2)14/h9,11H,3-8H2,1-2H3. The lowest BCUT2D eigenvalue weighted by Crippen LogP contribution is -2.40. The van der Waals surface area contributed by atoms with Crippen LogP contribution in [0.25, 0.3) is 0 Å². The highest BCUT2D eigenvalue weighted by Crippen LogP contribution is 2.26. The number of fused-ring (bicyclic) bond motifs is 3. The molecule has 0 radical (unpaired) electrons. The highest BCUT2D eigenvalue weighted by Gasteiger charge is 2.30. The topological polar surface area (TPSA) is 23.6 Å². The van der Waals surface area contributed by atoms with Crippen molar-refractivity contribution in [3.63, 3.8) is 0 Å². The molecule has 0 aromatic rings. The van der Waals surface area contributed by atoms with Gasteiger partial charge in [0.2, 0.25) is 5.91 Å². The van der Waals surface area contributed by atoms with E-state index in [9.17, 15) is 4.79 Å². The maximum Gasteiger partial charge on any atom is 0.220 e. The van der Waals surface area contributed by atoms with Crippen LogP contribution < -0.4 is 0 Å². The van der Waals surface area contributed by atoms with Gasteiger partial charge in [0.05, 0.1) is 6.67 Å². The number of rotatable bonds is 0. The van der Waals surface area contributed by atoms with Crippen molar-refractivity contribution in [2.75, 3.05) is 37.8 Å². The average molecular weight is 228 g/mol. The summed E-state index contributed by atoms with van der Waals surface area (Å²) in [5.41, 5.74) is 0. The monoisotopic (exact) mass is 228 g/mol. The van der Waals surface area contributed by atoms with Gasteiger partial charge in [-0.25, -0.2) is 0 Å². The zero-order valence-electron chi connectivity index (χ0n) is 9.61. The van der Waals surface area contributed by atoms with Gasteiger partial charge in [-0.15, -0.1) is 0 Å². The van der Waals surface area contributed by atoms with Crippen molar-refractivity contribution in [1.29, 1.82) is 0 Å². The molecular formula is C11H20N2OS. The highest BCUT2D eigenvalue weighted by molar-refractivity contribution is 7.99. The van der Waals surface area contributed by atoms with Crippen LogP contribution in [0.2, 0.25) is 0 Å². The first-order valence-electron chi connectivity index (χ1n) is 5.72. The fourth-order valence-electron chi connectivity index (χ4n) is 2.41. The van der Waals surface area contributed by atoms with Crippen molar-refractivity contribution in [2.24, 2.45) is 11.8 Å². The van der Waals surface area contributed by atoms with Gasteiger partial charge in [-0.2, -0.15) is 11.8 Å². The lowest BCUT2D eigenvalue weighted by atomic mass is 9.95. The molecular weight excluding hydrogens is 208 g/mol. The number of hydrogen-bond donors (Lipinski definition) is 0. The van der Waals surface area contributed by atoms with Crippen molar-refractivity contribution in [1.82, 2.24) is 9.80 Å². The van der Waals surface area contributed by atoms with E-state index in [1.54, 1.807) is 6.92 Å². The van der Waals surface area contributed by atoms with E-state index in [4.69, 9.17) is 0 Å². The molecule has 2 heterocycles.